The lowest BCUT2D eigenvalue weighted by Crippen LogP contribution is -2.66. The van der Waals surface area contributed by atoms with E-state index in [-0.39, 0.29) is 11.8 Å². The molecule has 21 heavy (non-hydrogen) atoms. The van der Waals surface area contributed by atoms with Gasteiger partial charge in [0.25, 0.3) is 5.91 Å². The number of nitrogens with zero attached hydrogens (tertiary/aromatic N) is 2. The first kappa shape index (κ1) is 14.3. The maximum Gasteiger partial charge on any atom is 0.272 e. The molecule has 1 aromatic carbocycles. The average molecular weight is 305 g/mol. The second kappa shape index (κ2) is 4.97. The fraction of sp³-hybridized carbons (Fsp3) is 0.375. The van der Waals surface area contributed by atoms with Crippen molar-refractivity contribution in [1.29, 1.82) is 0 Å². The molecule has 0 bridgehead atoms. The van der Waals surface area contributed by atoms with Crippen molar-refractivity contribution in [1.82, 2.24) is 9.88 Å². The van der Waals surface area contributed by atoms with Gasteiger partial charge in [-0.2, -0.15) is 0 Å². The molecule has 1 N–H and O–H groups in total. The van der Waals surface area contributed by atoms with E-state index in [4.69, 9.17) is 11.6 Å². The van der Waals surface area contributed by atoms with Crippen LogP contribution in [-0.4, -0.2) is 39.6 Å². The molecule has 1 saturated heterocycles. The predicted molar refractivity (Wildman–Crippen MR) is 82.4 cm³/mol. The van der Waals surface area contributed by atoms with E-state index in [0.717, 1.165) is 5.39 Å². The minimum atomic E-state index is -0.781. The lowest BCUT2D eigenvalue weighted by atomic mass is 9.83. The number of fused-ring (bicyclic) bond motifs is 1. The number of β-amino-alcohol motifs (C(OH)–C–C–N with tert-alkyl or cyclic N) is 1. The molecule has 2 heterocycles. The van der Waals surface area contributed by atoms with Crippen LogP contribution in [0.1, 0.15) is 24.3 Å². The van der Waals surface area contributed by atoms with E-state index in [2.05, 4.69) is 4.98 Å². The van der Waals surface area contributed by atoms with Crippen LogP contribution in [0.4, 0.5) is 0 Å². The quantitative estimate of drug-likeness (QED) is 0.928. The Morgan fingerprint density at radius 2 is 2.05 bits per heavy atom. The van der Waals surface area contributed by atoms with Gasteiger partial charge in [-0.15, -0.1) is 0 Å². The Bertz CT molecular complexity index is 708. The maximum absolute atomic E-state index is 12.4. The average Bonchev–Trinajstić information content (AvgIpc) is 2.43. The first-order chi connectivity index (χ1) is 9.90. The number of rotatable bonds is 2. The third-order valence-corrected chi connectivity index (χ3v) is 4.49. The van der Waals surface area contributed by atoms with E-state index in [1.54, 1.807) is 11.0 Å². The van der Waals surface area contributed by atoms with E-state index in [1.807, 2.05) is 38.1 Å². The SMILES string of the molecule is CC(C)C1(O)CN(C(=O)c2cc(Cl)c3ccccc3n2)C1. The molecular weight excluding hydrogens is 288 g/mol. The van der Waals surface area contributed by atoms with E-state index in [0.29, 0.717) is 29.3 Å². The third kappa shape index (κ3) is 2.39. The van der Waals surface area contributed by atoms with Gasteiger partial charge in [-0.25, -0.2) is 4.98 Å². The monoisotopic (exact) mass is 304 g/mol. The number of hydrogen-bond donors (Lipinski definition) is 1. The van der Waals surface area contributed by atoms with Gasteiger partial charge in [0.05, 0.1) is 23.6 Å². The number of halogens is 1. The van der Waals surface area contributed by atoms with Crippen molar-refractivity contribution in [3.63, 3.8) is 0 Å². The van der Waals surface area contributed by atoms with Crippen LogP contribution in [0.2, 0.25) is 5.02 Å². The maximum atomic E-state index is 12.4. The highest BCUT2D eigenvalue weighted by Crippen LogP contribution is 2.30. The lowest BCUT2D eigenvalue weighted by Gasteiger charge is -2.48. The largest absolute Gasteiger partial charge is 0.386 e. The van der Waals surface area contributed by atoms with Gasteiger partial charge < -0.3 is 10.0 Å². The van der Waals surface area contributed by atoms with E-state index in [9.17, 15) is 9.90 Å². The highest BCUT2D eigenvalue weighted by atomic mass is 35.5. The highest BCUT2D eigenvalue weighted by Gasteiger charge is 2.46. The molecule has 0 radical (unpaired) electrons. The van der Waals surface area contributed by atoms with Crippen LogP contribution in [0.15, 0.2) is 30.3 Å². The smallest absolute Gasteiger partial charge is 0.272 e. The molecule has 110 valence electrons. The number of amides is 1. The summed E-state index contributed by atoms with van der Waals surface area (Å²) in [4.78, 5) is 18.4. The summed E-state index contributed by atoms with van der Waals surface area (Å²) in [5.74, 6) is -0.0670. The van der Waals surface area contributed by atoms with Gasteiger partial charge in [-0.3, -0.25) is 4.79 Å². The van der Waals surface area contributed by atoms with Crippen LogP contribution >= 0.6 is 11.6 Å². The van der Waals surface area contributed by atoms with Crippen LogP contribution in [0.25, 0.3) is 10.9 Å². The zero-order chi connectivity index (χ0) is 15.2. The summed E-state index contributed by atoms with van der Waals surface area (Å²) in [6.07, 6.45) is 0. The first-order valence-electron chi connectivity index (χ1n) is 6.98. The zero-order valence-corrected chi connectivity index (χ0v) is 12.8. The van der Waals surface area contributed by atoms with Crippen molar-refractivity contribution >= 4 is 28.4 Å². The van der Waals surface area contributed by atoms with Crippen molar-refractivity contribution < 1.29 is 9.90 Å². The lowest BCUT2D eigenvalue weighted by molar-refractivity contribution is -0.111. The van der Waals surface area contributed by atoms with Crippen molar-refractivity contribution in [2.45, 2.75) is 19.4 Å². The summed E-state index contributed by atoms with van der Waals surface area (Å²) in [5, 5.41) is 11.6. The molecule has 0 unspecified atom stereocenters. The molecule has 1 amide bonds. The molecule has 4 nitrogen and oxygen atoms in total. The van der Waals surface area contributed by atoms with Gasteiger partial charge in [-0.05, 0) is 18.1 Å². The fourth-order valence-corrected chi connectivity index (χ4v) is 2.79. The van der Waals surface area contributed by atoms with E-state index >= 15 is 0 Å². The highest BCUT2D eigenvalue weighted by molar-refractivity contribution is 6.35. The van der Waals surface area contributed by atoms with Crippen LogP contribution in [0, 0.1) is 5.92 Å². The minimum absolute atomic E-state index is 0.120. The number of benzene rings is 1. The minimum Gasteiger partial charge on any atom is -0.386 e. The number of aromatic nitrogens is 1. The molecule has 1 aromatic heterocycles. The van der Waals surface area contributed by atoms with Crippen molar-refractivity contribution in [2.75, 3.05) is 13.1 Å². The van der Waals surface area contributed by atoms with Gasteiger partial charge in [0, 0.05) is 5.39 Å². The summed E-state index contributed by atoms with van der Waals surface area (Å²) >= 11 is 6.22. The van der Waals surface area contributed by atoms with Crippen molar-refractivity contribution in [3.8, 4) is 0 Å². The van der Waals surface area contributed by atoms with E-state index in [1.165, 1.54) is 0 Å². The Morgan fingerprint density at radius 1 is 1.38 bits per heavy atom. The van der Waals surface area contributed by atoms with Gasteiger partial charge in [-0.1, -0.05) is 43.6 Å². The zero-order valence-electron chi connectivity index (χ0n) is 12.0. The van der Waals surface area contributed by atoms with Gasteiger partial charge in [0.1, 0.15) is 11.3 Å². The standard InChI is InChI=1S/C16H17ClN2O2/c1-10(2)16(21)8-19(9-16)15(20)14-7-12(17)11-5-3-4-6-13(11)18-14/h3-7,10,21H,8-9H2,1-2H3. The summed E-state index contributed by atoms with van der Waals surface area (Å²) in [7, 11) is 0. The van der Waals surface area contributed by atoms with Gasteiger partial charge in [0.2, 0.25) is 0 Å². The van der Waals surface area contributed by atoms with Crippen LogP contribution in [-0.2, 0) is 0 Å². The predicted octanol–water partition coefficient (Wildman–Crippen LogP) is 2.73. The first-order valence-corrected chi connectivity index (χ1v) is 7.35. The number of likely N-dealkylation sites (tertiary alicyclic amines) is 1. The fourth-order valence-electron chi connectivity index (χ4n) is 2.53. The number of para-hydroxylation sites is 1. The molecular formula is C16H17ClN2O2. The number of carbonyl (C=O) groups is 1. The van der Waals surface area contributed by atoms with E-state index < -0.39 is 5.60 Å². The van der Waals surface area contributed by atoms with Crippen molar-refractivity contribution in [3.05, 3.63) is 41.0 Å². The Kier molecular flexibility index (Phi) is 3.38. The summed E-state index contributed by atoms with van der Waals surface area (Å²) in [5.41, 5.74) is 0.244. The van der Waals surface area contributed by atoms with Gasteiger partial charge in [0.15, 0.2) is 0 Å². The summed E-state index contributed by atoms with van der Waals surface area (Å²) in [6, 6.07) is 9.05. The molecule has 0 saturated carbocycles. The molecule has 0 atom stereocenters. The normalized spacial score (nSPS) is 17.1. The Balaban J connectivity index is 1.87. The number of carbonyl (C=O) groups excluding carboxylic acids is 1. The number of pyridine rings is 1. The molecule has 3 rings (SSSR count). The topological polar surface area (TPSA) is 53.4 Å². The molecule has 2 aromatic rings. The number of hydrogen-bond acceptors (Lipinski definition) is 3. The molecule has 1 aliphatic rings. The molecule has 5 heteroatoms. The van der Waals surface area contributed by atoms with Crippen LogP contribution in [0.3, 0.4) is 0 Å². The van der Waals surface area contributed by atoms with Crippen molar-refractivity contribution in [2.24, 2.45) is 5.92 Å². The third-order valence-electron chi connectivity index (χ3n) is 4.18. The van der Waals surface area contributed by atoms with Crippen LogP contribution < -0.4 is 0 Å². The number of aliphatic hydroxyl groups is 1. The second-order valence-corrected chi connectivity index (χ2v) is 6.33. The van der Waals surface area contributed by atoms with Gasteiger partial charge >= 0.3 is 0 Å². The molecule has 0 spiro atoms. The Morgan fingerprint density at radius 3 is 2.71 bits per heavy atom. The van der Waals surface area contributed by atoms with Crippen LogP contribution in [0.5, 0.6) is 0 Å². The molecule has 1 fully saturated rings. The molecule has 0 aliphatic carbocycles. The Hall–Kier alpha value is -1.65. The molecule has 1 aliphatic heterocycles. The second-order valence-electron chi connectivity index (χ2n) is 5.93. The summed E-state index contributed by atoms with van der Waals surface area (Å²) in [6.45, 7) is 4.59. The Labute approximate surface area is 128 Å². The summed E-state index contributed by atoms with van der Waals surface area (Å²) < 4.78 is 0.